The molecule has 0 unspecified atom stereocenters. The molecule has 0 saturated carbocycles. The lowest BCUT2D eigenvalue weighted by atomic mass is 10.1. The lowest BCUT2D eigenvalue weighted by molar-refractivity contribution is 0.0692. The second-order valence-electron chi connectivity index (χ2n) is 4.48. The van der Waals surface area contributed by atoms with Gasteiger partial charge in [0.05, 0.1) is 11.2 Å². The summed E-state index contributed by atoms with van der Waals surface area (Å²) < 4.78 is 13.3. The van der Waals surface area contributed by atoms with Crippen LogP contribution in [0.1, 0.15) is 29.8 Å². The number of aliphatic hydroxyl groups is 1. The Kier molecular flexibility index (Phi) is 3.65. The standard InChI is InChI=1S/C12H16FNO2/c1-8-4-5-10(13)9(6-8)11(15)14-7-12(2,3)16/h4-6,16H,7H2,1-3H3,(H,14,15). The number of hydrogen-bond donors (Lipinski definition) is 2. The Labute approximate surface area is 94.3 Å². The molecule has 0 aliphatic heterocycles. The summed E-state index contributed by atoms with van der Waals surface area (Å²) in [5.74, 6) is -1.07. The maximum atomic E-state index is 13.3. The molecule has 1 aromatic carbocycles. The molecule has 0 spiro atoms. The molecule has 2 N–H and O–H groups in total. The third kappa shape index (κ3) is 3.62. The van der Waals surface area contributed by atoms with E-state index in [1.807, 2.05) is 0 Å². The highest BCUT2D eigenvalue weighted by molar-refractivity contribution is 5.94. The Morgan fingerprint density at radius 3 is 2.69 bits per heavy atom. The van der Waals surface area contributed by atoms with Gasteiger partial charge in [0.25, 0.3) is 5.91 Å². The van der Waals surface area contributed by atoms with E-state index >= 15 is 0 Å². The zero-order chi connectivity index (χ0) is 12.3. The van der Waals surface area contributed by atoms with Crippen LogP contribution in [-0.2, 0) is 0 Å². The highest BCUT2D eigenvalue weighted by Crippen LogP contribution is 2.10. The lowest BCUT2D eigenvalue weighted by Gasteiger charge is -2.17. The maximum Gasteiger partial charge on any atom is 0.254 e. The molecular weight excluding hydrogens is 209 g/mol. The average Bonchev–Trinajstić information content (AvgIpc) is 2.17. The van der Waals surface area contributed by atoms with Crippen LogP contribution >= 0.6 is 0 Å². The van der Waals surface area contributed by atoms with E-state index in [9.17, 15) is 14.3 Å². The predicted molar refractivity (Wildman–Crippen MR) is 59.8 cm³/mol. The molecule has 0 radical (unpaired) electrons. The first kappa shape index (κ1) is 12.6. The summed E-state index contributed by atoms with van der Waals surface area (Å²) in [6, 6.07) is 4.34. The minimum Gasteiger partial charge on any atom is -0.389 e. The smallest absolute Gasteiger partial charge is 0.254 e. The third-order valence-corrected chi connectivity index (χ3v) is 2.05. The SMILES string of the molecule is Cc1ccc(F)c(C(=O)NCC(C)(C)O)c1. The minimum absolute atomic E-state index is 0.00394. The van der Waals surface area contributed by atoms with Gasteiger partial charge < -0.3 is 10.4 Å². The summed E-state index contributed by atoms with van der Waals surface area (Å²) in [6.45, 7) is 5.01. The van der Waals surface area contributed by atoms with Crippen molar-refractivity contribution in [3.63, 3.8) is 0 Å². The van der Waals surface area contributed by atoms with Gasteiger partial charge in [-0.15, -0.1) is 0 Å². The van der Waals surface area contributed by atoms with Crippen LogP contribution in [0.25, 0.3) is 0 Å². The van der Waals surface area contributed by atoms with Crippen molar-refractivity contribution in [3.8, 4) is 0 Å². The second kappa shape index (κ2) is 4.61. The summed E-state index contributed by atoms with van der Waals surface area (Å²) in [6.07, 6.45) is 0. The number of rotatable bonds is 3. The number of aryl methyl sites for hydroxylation is 1. The Morgan fingerprint density at radius 1 is 1.50 bits per heavy atom. The van der Waals surface area contributed by atoms with E-state index in [1.54, 1.807) is 26.8 Å². The highest BCUT2D eigenvalue weighted by atomic mass is 19.1. The topological polar surface area (TPSA) is 49.3 Å². The summed E-state index contributed by atoms with van der Waals surface area (Å²) >= 11 is 0. The van der Waals surface area contributed by atoms with Crippen LogP contribution in [0.3, 0.4) is 0 Å². The molecule has 0 saturated heterocycles. The molecule has 0 heterocycles. The van der Waals surface area contributed by atoms with Gasteiger partial charge in [0, 0.05) is 6.54 Å². The molecule has 3 nitrogen and oxygen atoms in total. The zero-order valence-corrected chi connectivity index (χ0v) is 9.67. The first-order chi connectivity index (χ1) is 7.29. The summed E-state index contributed by atoms with van der Waals surface area (Å²) in [4.78, 5) is 11.6. The largest absolute Gasteiger partial charge is 0.389 e. The van der Waals surface area contributed by atoms with Gasteiger partial charge in [0.1, 0.15) is 5.82 Å². The van der Waals surface area contributed by atoms with E-state index in [0.29, 0.717) is 0 Å². The van der Waals surface area contributed by atoms with E-state index in [0.717, 1.165) is 5.56 Å². The van der Waals surface area contributed by atoms with Gasteiger partial charge >= 0.3 is 0 Å². The minimum atomic E-state index is -1.00. The lowest BCUT2D eigenvalue weighted by Crippen LogP contribution is -2.38. The molecule has 0 aliphatic carbocycles. The fourth-order valence-corrected chi connectivity index (χ4v) is 1.20. The van der Waals surface area contributed by atoms with Gasteiger partial charge in [-0.25, -0.2) is 4.39 Å². The van der Waals surface area contributed by atoms with Crippen molar-refractivity contribution in [2.45, 2.75) is 26.4 Å². The first-order valence-corrected chi connectivity index (χ1v) is 5.06. The maximum absolute atomic E-state index is 13.3. The Morgan fingerprint density at radius 2 is 2.12 bits per heavy atom. The average molecular weight is 225 g/mol. The van der Waals surface area contributed by atoms with Crippen LogP contribution in [0.2, 0.25) is 0 Å². The van der Waals surface area contributed by atoms with Crippen molar-refractivity contribution in [2.75, 3.05) is 6.54 Å². The van der Waals surface area contributed by atoms with Gasteiger partial charge in [0.2, 0.25) is 0 Å². The number of hydrogen-bond acceptors (Lipinski definition) is 2. The molecule has 1 amide bonds. The molecule has 16 heavy (non-hydrogen) atoms. The van der Waals surface area contributed by atoms with Crippen molar-refractivity contribution in [1.82, 2.24) is 5.32 Å². The molecule has 0 bridgehead atoms. The van der Waals surface area contributed by atoms with Crippen LogP contribution in [-0.4, -0.2) is 23.2 Å². The van der Waals surface area contributed by atoms with Gasteiger partial charge in [0.15, 0.2) is 0 Å². The Balaban J connectivity index is 2.77. The van der Waals surface area contributed by atoms with Gasteiger partial charge in [-0.1, -0.05) is 11.6 Å². The quantitative estimate of drug-likeness (QED) is 0.821. The van der Waals surface area contributed by atoms with Crippen LogP contribution in [0.4, 0.5) is 4.39 Å². The fourth-order valence-electron chi connectivity index (χ4n) is 1.20. The third-order valence-electron chi connectivity index (χ3n) is 2.05. The number of carbonyl (C=O) groups excluding carboxylic acids is 1. The van der Waals surface area contributed by atoms with Crippen molar-refractivity contribution >= 4 is 5.91 Å². The number of benzene rings is 1. The molecular formula is C12H16FNO2. The van der Waals surface area contributed by atoms with E-state index in [2.05, 4.69) is 5.32 Å². The highest BCUT2D eigenvalue weighted by Gasteiger charge is 2.16. The van der Waals surface area contributed by atoms with Gasteiger partial charge in [-0.05, 0) is 32.9 Å². The molecule has 1 aromatic rings. The molecule has 0 aromatic heterocycles. The molecule has 0 fully saturated rings. The monoisotopic (exact) mass is 225 g/mol. The predicted octanol–water partition coefficient (Wildman–Crippen LogP) is 1.63. The molecule has 0 atom stereocenters. The van der Waals surface area contributed by atoms with Gasteiger partial charge in [-0.3, -0.25) is 4.79 Å². The number of halogens is 1. The summed E-state index contributed by atoms with van der Waals surface area (Å²) in [5, 5.41) is 11.9. The number of nitrogens with one attached hydrogen (secondary N) is 1. The Bertz CT molecular complexity index is 396. The van der Waals surface area contributed by atoms with Crippen molar-refractivity contribution in [3.05, 3.63) is 35.1 Å². The van der Waals surface area contributed by atoms with Crippen LogP contribution in [0.5, 0.6) is 0 Å². The van der Waals surface area contributed by atoms with Crippen LogP contribution in [0.15, 0.2) is 18.2 Å². The van der Waals surface area contributed by atoms with E-state index in [4.69, 9.17) is 0 Å². The Hall–Kier alpha value is -1.42. The van der Waals surface area contributed by atoms with E-state index in [-0.39, 0.29) is 12.1 Å². The summed E-state index contributed by atoms with van der Waals surface area (Å²) in [7, 11) is 0. The summed E-state index contributed by atoms with van der Waals surface area (Å²) in [5.41, 5.74) is -0.185. The number of carbonyl (C=O) groups is 1. The fraction of sp³-hybridized carbons (Fsp3) is 0.417. The first-order valence-electron chi connectivity index (χ1n) is 5.06. The zero-order valence-electron chi connectivity index (χ0n) is 9.67. The van der Waals surface area contributed by atoms with Crippen molar-refractivity contribution in [2.24, 2.45) is 0 Å². The molecule has 1 rings (SSSR count). The van der Waals surface area contributed by atoms with Crippen molar-refractivity contribution < 1.29 is 14.3 Å². The van der Waals surface area contributed by atoms with Crippen LogP contribution in [0, 0.1) is 12.7 Å². The normalized spacial score (nSPS) is 11.3. The molecule has 4 heteroatoms. The van der Waals surface area contributed by atoms with Gasteiger partial charge in [-0.2, -0.15) is 0 Å². The second-order valence-corrected chi connectivity index (χ2v) is 4.48. The molecule has 88 valence electrons. The van der Waals surface area contributed by atoms with Crippen LogP contribution < -0.4 is 5.32 Å². The number of amides is 1. The van der Waals surface area contributed by atoms with E-state index in [1.165, 1.54) is 12.1 Å². The molecule has 0 aliphatic rings. The van der Waals surface area contributed by atoms with Crippen molar-refractivity contribution in [1.29, 1.82) is 0 Å². The van der Waals surface area contributed by atoms with E-state index < -0.39 is 17.3 Å².